The zero-order valence-corrected chi connectivity index (χ0v) is 17.3. The third-order valence-electron chi connectivity index (χ3n) is 5.08. The topological polar surface area (TPSA) is 84.3 Å². The Labute approximate surface area is 174 Å². The third-order valence-corrected chi connectivity index (χ3v) is 5.08. The summed E-state index contributed by atoms with van der Waals surface area (Å²) in [5.74, 6) is 1.09. The molecule has 1 atom stereocenters. The summed E-state index contributed by atoms with van der Waals surface area (Å²) in [6.07, 6.45) is 1.72. The molecule has 0 aliphatic heterocycles. The van der Waals surface area contributed by atoms with E-state index in [9.17, 15) is 4.79 Å². The highest BCUT2D eigenvalue weighted by Crippen LogP contribution is 2.22. The lowest BCUT2D eigenvalue weighted by atomic mass is 10.00. The maximum absolute atomic E-state index is 12.7. The molecule has 4 aromatic rings. The van der Waals surface area contributed by atoms with Crippen molar-refractivity contribution in [1.29, 1.82) is 0 Å². The minimum absolute atomic E-state index is 0.0574. The minimum Gasteiger partial charge on any atom is -0.497 e. The number of nitrogens with one attached hydrogen (secondary N) is 2. The van der Waals surface area contributed by atoms with Gasteiger partial charge in [-0.25, -0.2) is 9.50 Å². The van der Waals surface area contributed by atoms with Crippen LogP contribution in [0.3, 0.4) is 0 Å². The molecule has 1 unspecified atom stereocenters. The van der Waals surface area contributed by atoms with Gasteiger partial charge in [-0.1, -0.05) is 32.0 Å². The monoisotopic (exact) mass is 403 g/mol. The number of H-pyrrole nitrogens is 1. The summed E-state index contributed by atoms with van der Waals surface area (Å²) in [5, 5.41) is 6.64. The van der Waals surface area contributed by atoms with Crippen LogP contribution < -0.4 is 15.6 Å². The van der Waals surface area contributed by atoms with Crippen LogP contribution in [0.4, 0.5) is 0 Å². The molecule has 1 aromatic carbocycles. The largest absolute Gasteiger partial charge is 0.497 e. The van der Waals surface area contributed by atoms with Crippen molar-refractivity contribution in [1.82, 2.24) is 24.9 Å². The molecule has 2 N–H and O–H groups in total. The van der Waals surface area contributed by atoms with Gasteiger partial charge in [-0.3, -0.25) is 14.9 Å². The molecule has 0 fully saturated rings. The van der Waals surface area contributed by atoms with Gasteiger partial charge in [-0.15, -0.1) is 0 Å². The second kappa shape index (κ2) is 8.51. The van der Waals surface area contributed by atoms with Crippen molar-refractivity contribution in [3.63, 3.8) is 0 Å². The average Bonchev–Trinajstić information content (AvgIpc) is 3.20. The molecule has 0 saturated carbocycles. The van der Waals surface area contributed by atoms with Gasteiger partial charge in [0, 0.05) is 24.9 Å². The van der Waals surface area contributed by atoms with Crippen molar-refractivity contribution >= 4 is 5.65 Å². The van der Waals surface area contributed by atoms with Crippen molar-refractivity contribution in [2.45, 2.75) is 26.4 Å². The standard InChI is InChI=1S/C23H25N5O2/c1-15(2)23(25-14-16-7-9-17(30-3)10-8-16)20-13-22(29)28-21(26-20)12-19(27-28)18-6-4-5-11-24-18/h4-13,15,23,25,27H,14H2,1-3H3. The first-order chi connectivity index (χ1) is 14.5. The van der Waals surface area contributed by atoms with Gasteiger partial charge < -0.3 is 10.1 Å². The van der Waals surface area contributed by atoms with E-state index in [1.54, 1.807) is 19.4 Å². The summed E-state index contributed by atoms with van der Waals surface area (Å²) in [6.45, 7) is 4.90. The van der Waals surface area contributed by atoms with Crippen LogP contribution in [0, 0.1) is 5.92 Å². The van der Waals surface area contributed by atoms with Crippen molar-refractivity contribution in [2.75, 3.05) is 7.11 Å². The van der Waals surface area contributed by atoms with Crippen LogP contribution >= 0.6 is 0 Å². The van der Waals surface area contributed by atoms with Gasteiger partial charge in [-0.2, -0.15) is 0 Å². The summed E-state index contributed by atoms with van der Waals surface area (Å²) in [6, 6.07) is 17.0. The fraction of sp³-hybridized carbons (Fsp3) is 0.261. The number of fused-ring (bicyclic) bond motifs is 1. The number of pyridine rings is 1. The van der Waals surface area contributed by atoms with Crippen LogP contribution in [-0.2, 0) is 6.54 Å². The van der Waals surface area contributed by atoms with Gasteiger partial charge in [0.25, 0.3) is 5.56 Å². The highest BCUT2D eigenvalue weighted by molar-refractivity contribution is 5.60. The molecule has 30 heavy (non-hydrogen) atoms. The fourth-order valence-corrected chi connectivity index (χ4v) is 3.48. The Morgan fingerprint density at radius 1 is 1.13 bits per heavy atom. The van der Waals surface area contributed by atoms with Gasteiger partial charge in [0.2, 0.25) is 0 Å². The lowest BCUT2D eigenvalue weighted by Gasteiger charge is -2.22. The summed E-state index contributed by atoms with van der Waals surface area (Å²) >= 11 is 0. The maximum Gasteiger partial charge on any atom is 0.272 e. The molecule has 0 saturated heterocycles. The molecule has 0 radical (unpaired) electrons. The fourth-order valence-electron chi connectivity index (χ4n) is 3.48. The summed E-state index contributed by atoms with van der Waals surface area (Å²) in [4.78, 5) is 21.8. The van der Waals surface area contributed by atoms with E-state index in [-0.39, 0.29) is 17.5 Å². The predicted octanol–water partition coefficient (Wildman–Crippen LogP) is 3.58. The van der Waals surface area contributed by atoms with Crippen LogP contribution in [0.15, 0.2) is 65.6 Å². The first-order valence-electron chi connectivity index (χ1n) is 9.95. The highest BCUT2D eigenvalue weighted by atomic mass is 16.5. The van der Waals surface area contributed by atoms with Gasteiger partial charge in [-0.05, 0) is 35.7 Å². The Kier molecular flexibility index (Phi) is 5.63. The molecule has 154 valence electrons. The first kappa shape index (κ1) is 19.8. The quantitative estimate of drug-likeness (QED) is 0.493. The molecule has 0 aliphatic carbocycles. The number of ether oxygens (including phenoxy) is 1. The van der Waals surface area contributed by atoms with E-state index in [2.05, 4.69) is 29.2 Å². The summed E-state index contributed by atoms with van der Waals surface area (Å²) < 4.78 is 6.67. The van der Waals surface area contributed by atoms with Crippen LogP contribution in [0.5, 0.6) is 5.75 Å². The zero-order valence-electron chi connectivity index (χ0n) is 17.3. The van der Waals surface area contributed by atoms with Crippen LogP contribution in [0.1, 0.15) is 31.1 Å². The lowest BCUT2D eigenvalue weighted by molar-refractivity contribution is 0.400. The van der Waals surface area contributed by atoms with Crippen molar-refractivity contribution < 1.29 is 4.74 Å². The molecular weight excluding hydrogens is 378 g/mol. The second-order valence-corrected chi connectivity index (χ2v) is 7.55. The smallest absolute Gasteiger partial charge is 0.272 e. The summed E-state index contributed by atoms with van der Waals surface area (Å²) in [5.41, 5.74) is 3.82. The number of aromatic amines is 1. The van der Waals surface area contributed by atoms with Crippen molar-refractivity contribution in [3.8, 4) is 17.1 Å². The number of nitrogens with zero attached hydrogens (tertiary/aromatic N) is 3. The van der Waals surface area contributed by atoms with Gasteiger partial charge >= 0.3 is 0 Å². The first-order valence-corrected chi connectivity index (χ1v) is 9.95. The van der Waals surface area contributed by atoms with Gasteiger partial charge in [0.1, 0.15) is 5.75 Å². The molecule has 0 aliphatic rings. The van der Waals surface area contributed by atoms with E-state index in [0.29, 0.717) is 12.2 Å². The number of methoxy groups -OCH3 is 1. The van der Waals surface area contributed by atoms with Gasteiger partial charge in [0.05, 0.1) is 30.2 Å². The van der Waals surface area contributed by atoms with Crippen LogP contribution in [0.2, 0.25) is 0 Å². The third kappa shape index (κ3) is 4.11. The molecule has 4 rings (SSSR count). The zero-order chi connectivity index (χ0) is 21.1. The Balaban J connectivity index is 1.62. The number of benzene rings is 1. The molecule has 0 spiro atoms. The van der Waals surface area contributed by atoms with Crippen molar-refractivity contribution in [3.05, 3.63) is 82.4 Å². The Bertz CT molecular complexity index is 1180. The minimum atomic E-state index is -0.144. The number of rotatable bonds is 7. The average molecular weight is 403 g/mol. The van der Waals surface area contributed by atoms with Crippen LogP contribution in [0.25, 0.3) is 17.0 Å². The molecular formula is C23H25N5O2. The Morgan fingerprint density at radius 3 is 2.60 bits per heavy atom. The maximum atomic E-state index is 12.7. The lowest BCUT2D eigenvalue weighted by Crippen LogP contribution is -2.28. The molecule has 7 nitrogen and oxygen atoms in total. The number of hydrogen-bond acceptors (Lipinski definition) is 5. The molecule has 0 amide bonds. The van der Waals surface area contributed by atoms with E-state index in [0.717, 1.165) is 28.4 Å². The molecule has 0 bridgehead atoms. The van der Waals surface area contributed by atoms with Crippen molar-refractivity contribution in [2.24, 2.45) is 5.92 Å². The summed E-state index contributed by atoms with van der Waals surface area (Å²) in [7, 11) is 1.66. The number of aromatic nitrogens is 4. The highest BCUT2D eigenvalue weighted by Gasteiger charge is 2.19. The van der Waals surface area contributed by atoms with E-state index in [1.807, 2.05) is 48.5 Å². The Morgan fingerprint density at radius 2 is 1.93 bits per heavy atom. The normalized spacial score (nSPS) is 12.4. The van der Waals surface area contributed by atoms with Crippen LogP contribution in [-0.4, -0.2) is 26.7 Å². The van der Waals surface area contributed by atoms with E-state index in [1.165, 1.54) is 4.52 Å². The second-order valence-electron chi connectivity index (χ2n) is 7.55. The predicted molar refractivity (Wildman–Crippen MR) is 116 cm³/mol. The van der Waals surface area contributed by atoms with Gasteiger partial charge in [0.15, 0.2) is 5.65 Å². The van der Waals surface area contributed by atoms with E-state index in [4.69, 9.17) is 9.72 Å². The number of hydrogen-bond donors (Lipinski definition) is 2. The Hall–Kier alpha value is -3.45. The molecule has 3 heterocycles. The molecule has 3 aromatic heterocycles. The van der Waals surface area contributed by atoms with E-state index < -0.39 is 0 Å². The SMILES string of the molecule is COc1ccc(CNC(c2cc(=O)n3[nH]c(-c4ccccn4)cc3n2)C(C)C)cc1. The van der Waals surface area contributed by atoms with E-state index >= 15 is 0 Å². The molecule has 7 heteroatoms.